The third kappa shape index (κ3) is 34.3. The molecular formula is C56H89NO8. The Morgan fingerprint density at radius 1 is 0.538 bits per heavy atom. The maximum absolute atomic E-state index is 12.8. The Hall–Kier alpha value is -3.67. The summed E-state index contributed by atoms with van der Waals surface area (Å²) in [6.45, 7) is 3.40. The third-order valence-corrected chi connectivity index (χ3v) is 10.7. The van der Waals surface area contributed by atoms with E-state index in [1.165, 1.54) is 25.7 Å². The van der Waals surface area contributed by atoms with Crippen molar-refractivity contribution in [2.24, 2.45) is 0 Å². The van der Waals surface area contributed by atoms with Crippen molar-refractivity contribution in [3.05, 3.63) is 134 Å². The molecule has 1 rings (SSSR count). The summed E-state index contributed by atoms with van der Waals surface area (Å²) in [4.78, 5) is 12.8. The van der Waals surface area contributed by atoms with Crippen LogP contribution in [0.4, 0.5) is 0 Å². The fourth-order valence-electron chi connectivity index (χ4n) is 6.78. The number of nitrogens with one attached hydrogen (secondary N) is 1. The second-order valence-electron chi connectivity index (χ2n) is 16.5. The van der Waals surface area contributed by atoms with Crippen LogP contribution in [-0.2, 0) is 14.3 Å². The number of aliphatic hydroxyl groups excluding tert-OH is 5. The average molecular weight is 904 g/mol. The van der Waals surface area contributed by atoms with Crippen molar-refractivity contribution in [1.82, 2.24) is 5.32 Å². The molecular weight excluding hydrogens is 815 g/mol. The number of hydrogen-bond acceptors (Lipinski definition) is 8. The van der Waals surface area contributed by atoms with Gasteiger partial charge in [0.05, 0.1) is 25.4 Å². The summed E-state index contributed by atoms with van der Waals surface area (Å²) < 4.78 is 11.0. The van der Waals surface area contributed by atoms with Crippen LogP contribution in [0.3, 0.4) is 0 Å². The van der Waals surface area contributed by atoms with E-state index in [9.17, 15) is 30.3 Å². The van der Waals surface area contributed by atoms with Crippen molar-refractivity contribution in [2.75, 3.05) is 13.2 Å². The Bertz CT molecular complexity index is 1470. The summed E-state index contributed by atoms with van der Waals surface area (Å²) >= 11 is 0. The van der Waals surface area contributed by atoms with E-state index >= 15 is 0 Å². The van der Waals surface area contributed by atoms with Gasteiger partial charge in [0.2, 0.25) is 5.91 Å². The van der Waals surface area contributed by atoms with Gasteiger partial charge < -0.3 is 40.3 Å². The van der Waals surface area contributed by atoms with Crippen LogP contribution in [0.2, 0.25) is 0 Å². The van der Waals surface area contributed by atoms with E-state index in [-0.39, 0.29) is 12.5 Å². The fourth-order valence-corrected chi connectivity index (χ4v) is 6.78. The molecule has 65 heavy (non-hydrogen) atoms. The number of rotatable bonds is 39. The number of allylic oxidation sites excluding steroid dienone is 21. The molecule has 0 aromatic heterocycles. The van der Waals surface area contributed by atoms with Crippen molar-refractivity contribution in [1.29, 1.82) is 0 Å². The molecule has 9 nitrogen and oxygen atoms in total. The molecule has 7 unspecified atom stereocenters. The minimum Gasteiger partial charge on any atom is -0.394 e. The maximum Gasteiger partial charge on any atom is 0.220 e. The third-order valence-electron chi connectivity index (χ3n) is 10.7. The number of hydrogen-bond donors (Lipinski definition) is 6. The predicted molar refractivity (Wildman–Crippen MR) is 271 cm³/mol. The summed E-state index contributed by atoms with van der Waals surface area (Å²) in [6, 6.07) is -0.814. The molecule has 1 fully saturated rings. The second-order valence-corrected chi connectivity index (χ2v) is 16.5. The molecule has 1 aliphatic rings. The Morgan fingerprint density at radius 2 is 0.954 bits per heavy atom. The smallest absolute Gasteiger partial charge is 0.220 e. The van der Waals surface area contributed by atoms with E-state index in [1.54, 1.807) is 6.08 Å². The molecule has 0 spiro atoms. The van der Waals surface area contributed by atoms with E-state index in [2.05, 4.69) is 134 Å². The monoisotopic (exact) mass is 904 g/mol. The van der Waals surface area contributed by atoms with Crippen LogP contribution in [0.25, 0.3) is 0 Å². The molecule has 1 aliphatic heterocycles. The van der Waals surface area contributed by atoms with Crippen molar-refractivity contribution < 1.29 is 39.8 Å². The lowest BCUT2D eigenvalue weighted by Crippen LogP contribution is -2.60. The molecule has 0 aromatic rings. The zero-order chi connectivity index (χ0) is 47.3. The van der Waals surface area contributed by atoms with Crippen LogP contribution in [0, 0.1) is 0 Å². The Kier molecular flexibility index (Phi) is 40.3. The second kappa shape index (κ2) is 44.2. The molecule has 7 atom stereocenters. The molecule has 0 aliphatic carbocycles. The van der Waals surface area contributed by atoms with Crippen molar-refractivity contribution in [3.63, 3.8) is 0 Å². The van der Waals surface area contributed by atoms with E-state index < -0.39 is 49.5 Å². The quantitative estimate of drug-likeness (QED) is 0.0264. The minimum atomic E-state index is -1.57. The Balaban J connectivity index is 2.05. The lowest BCUT2D eigenvalue weighted by atomic mass is 9.99. The number of amides is 1. The fraction of sp³-hybridized carbons (Fsp3) is 0.589. The summed E-state index contributed by atoms with van der Waals surface area (Å²) in [6.07, 6.45) is 61.9. The summed E-state index contributed by atoms with van der Waals surface area (Å²) in [5.41, 5.74) is 0. The standard InChI is InChI=1S/C56H89NO8/c1-3-5-7-8-9-10-11-12-13-14-15-16-17-18-19-20-21-22-23-24-25-26-27-28-29-30-31-32-33-34-35-36-37-38-39-40-41-42-44-46-52(60)57-49(50(59)45-43-6-4-2)48-64-56-55(63)54(62)53(61)51(47-58)65-56/h5,7,9-10,12-13,15-16,18-19,21-22,24-25,27-28,30-31,33-34,43,45,49-51,53-56,58-59,61-63H,3-4,6,8,11,14,17,20,23,26,29,32,35-42,44,46-48H2,1-2H3,(H,57,60)/b7-5-,10-9-,13-12-,16-15-,19-18-,22-21-,25-24-,28-27-,31-30-,34-33-,45-43+. The molecule has 9 heteroatoms. The zero-order valence-electron chi connectivity index (χ0n) is 40.2. The number of ether oxygens (including phenoxy) is 2. The Morgan fingerprint density at radius 3 is 1.38 bits per heavy atom. The highest BCUT2D eigenvalue weighted by molar-refractivity contribution is 5.76. The van der Waals surface area contributed by atoms with Gasteiger partial charge in [-0.3, -0.25) is 4.79 Å². The van der Waals surface area contributed by atoms with Crippen LogP contribution in [0.1, 0.15) is 155 Å². The molecule has 1 saturated heterocycles. The first-order valence-corrected chi connectivity index (χ1v) is 24.9. The van der Waals surface area contributed by atoms with E-state index in [1.807, 2.05) is 13.0 Å². The lowest BCUT2D eigenvalue weighted by molar-refractivity contribution is -0.302. The van der Waals surface area contributed by atoms with Crippen LogP contribution in [0.5, 0.6) is 0 Å². The molecule has 1 amide bonds. The molecule has 0 saturated carbocycles. The molecule has 0 bridgehead atoms. The topological polar surface area (TPSA) is 149 Å². The highest BCUT2D eigenvalue weighted by Gasteiger charge is 2.44. The average Bonchev–Trinajstić information content (AvgIpc) is 3.30. The van der Waals surface area contributed by atoms with E-state index in [0.29, 0.717) is 6.42 Å². The number of carbonyl (C=O) groups excluding carboxylic acids is 1. The van der Waals surface area contributed by atoms with Gasteiger partial charge in [0.25, 0.3) is 0 Å². The first-order chi connectivity index (χ1) is 31.8. The van der Waals surface area contributed by atoms with E-state index in [0.717, 1.165) is 109 Å². The van der Waals surface area contributed by atoms with Gasteiger partial charge in [-0.25, -0.2) is 0 Å². The van der Waals surface area contributed by atoms with Crippen LogP contribution in [-0.4, -0.2) is 87.5 Å². The first-order valence-electron chi connectivity index (χ1n) is 24.9. The van der Waals surface area contributed by atoms with Gasteiger partial charge >= 0.3 is 0 Å². The normalized spacial score (nSPS) is 21.1. The van der Waals surface area contributed by atoms with Gasteiger partial charge in [0.1, 0.15) is 24.4 Å². The van der Waals surface area contributed by atoms with Gasteiger partial charge in [-0.15, -0.1) is 0 Å². The largest absolute Gasteiger partial charge is 0.394 e. The van der Waals surface area contributed by atoms with Gasteiger partial charge in [-0.1, -0.05) is 192 Å². The van der Waals surface area contributed by atoms with Crippen molar-refractivity contribution in [2.45, 2.75) is 198 Å². The van der Waals surface area contributed by atoms with Gasteiger partial charge in [0.15, 0.2) is 6.29 Å². The van der Waals surface area contributed by atoms with Crippen LogP contribution in [0.15, 0.2) is 134 Å². The summed E-state index contributed by atoms with van der Waals surface area (Å²) in [7, 11) is 0. The number of unbranched alkanes of at least 4 members (excludes halogenated alkanes) is 9. The van der Waals surface area contributed by atoms with Crippen LogP contribution >= 0.6 is 0 Å². The van der Waals surface area contributed by atoms with Gasteiger partial charge in [0, 0.05) is 6.42 Å². The van der Waals surface area contributed by atoms with Gasteiger partial charge in [-0.05, 0) is 89.9 Å². The number of aliphatic hydroxyl groups is 5. The van der Waals surface area contributed by atoms with Crippen LogP contribution < -0.4 is 5.32 Å². The predicted octanol–water partition coefficient (Wildman–Crippen LogP) is 11.4. The zero-order valence-corrected chi connectivity index (χ0v) is 40.2. The summed E-state index contributed by atoms with van der Waals surface area (Å²) in [5.74, 6) is -0.205. The first kappa shape index (κ1) is 59.3. The molecule has 1 heterocycles. The molecule has 6 N–H and O–H groups in total. The highest BCUT2D eigenvalue weighted by atomic mass is 16.7. The molecule has 0 radical (unpaired) electrons. The van der Waals surface area contributed by atoms with Crippen molar-refractivity contribution in [3.8, 4) is 0 Å². The minimum absolute atomic E-state index is 0.205. The highest BCUT2D eigenvalue weighted by Crippen LogP contribution is 2.22. The van der Waals surface area contributed by atoms with Crippen molar-refractivity contribution >= 4 is 5.91 Å². The summed E-state index contributed by atoms with van der Waals surface area (Å²) in [5, 5.41) is 53.4. The van der Waals surface area contributed by atoms with Gasteiger partial charge in [-0.2, -0.15) is 0 Å². The van der Waals surface area contributed by atoms with E-state index in [4.69, 9.17) is 9.47 Å². The maximum atomic E-state index is 12.8. The lowest BCUT2D eigenvalue weighted by Gasteiger charge is -2.40. The SMILES string of the molecule is CC/C=C\C/C=C\C/C=C\C/C=C\C/C=C\C/C=C\C/C=C\C/C=C\C/C=C\C/C=C\CCCCCCCCCCC(=O)NC(COC1OC(CO)C(O)C(O)C1O)C(O)/C=C/CCC. The Labute approximate surface area is 394 Å². The molecule has 366 valence electrons. The number of carbonyl (C=O) groups is 1. The molecule has 0 aromatic carbocycles.